The highest BCUT2D eigenvalue weighted by atomic mass is 35.5. The van der Waals surface area contributed by atoms with Crippen LogP contribution in [0.2, 0.25) is 0 Å². The number of benzene rings is 1. The van der Waals surface area contributed by atoms with E-state index in [1.807, 2.05) is 0 Å². The van der Waals surface area contributed by atoms with Gasteiger partial charge in [-0.15, -0.1) is 12.4 Å². The van der Waals surface area contributed by atoms with E-state index >= 15 is 0 Å². The van der Waals surface area contributed by atoms with Gasteiger partial charge in [-0.05, 0) is 12.1 Å². The molecule has 0 radical (unpaired) electrons. The Kier molecular flexibility index (Phi) is 7.41. The van der Waals surface area contributed by atoms with Crippen LogP contribution in [-0.4, -0.2) is 30.5 Å². The lowest BCUT2D eigenvalue weighted by molar-refractivity contribution is -0.384. The van der Waals surface area contributed by atoms with E-state index in [0.717, 1.165) is 5.69 Å². The molecule has 0 atom stereocenters. The van der Waals surface area contributed by atoms with Crippen molar-refractivity contribution >= 4 is 29.7 Å². The van der Waals surface area contributed by atoms with Crippen LogP contribution in [0.15, 0.2) is 24.3 Å². The van der Waals surface area contributed by atoms with Gasteiger partial charge in [0.05, 0.1) is 11.5 Å². The highest BCUT2D eigenvalue weighted by Gasteiger charge is 2.03. The van der Waals surface area contributed by atoms with Gasteiger partial charge in [-0.25, -0.2) is 0 Å². The van der Waals surface area contributed by atoms with Gasteiger partial charge >= 0.3 is 0 Å². The molecular formula is C10H15ClN4O3. The molecular weight excluding hydrogens is 260 g/mol. The van der Waals surface area contributed by atoms with E-state index in [9.17, 15) is 14.9 Å². The number of hydrogen-bond donors (Lipinski definition) is 3. The molecule has 0 fully saturated rings. The summed E-state index contributed by atoms with van der Waals surface area (Å²) in [4.78, 5) is 20.8. The molecule has 0 bridgehead atoms. The molecule has 0 saturated carbocycles. The van der Waals surface area contributed by atoms with Crippen molar-refractivity contribution in [3.05, 3.63) is 34.4 Å². The van der Waals surface area contributed by atoms with Crippen molar-refractivity contribution < 1.29 is 9.72 Å². The third kappa shape index (κ3) is 5.46. The van der Waals surface area contributed by atoms with Crippen LogP contribution < -0.4 is 16.4 Å². The second-order valence-electron chi connectivity index (χ2n) is 3.28. The number of carbonyl (C=O) groups excluding carboxylic acids is 1. The van der Waals surface area contributed by atoms with Crippen LogP contribution in [0.1, 0.15) is 0 Å². The number of nitrogens with zero attached hydrogens (tertiary/aromatic N) is 1. The second-order valence-corrected chi connectivity index (χ2v) is 3.28. The van der Waals surface area contributed by atoms with Crippen molar-refractivity contribution in [2.45, 2.75) is 0 Å². The van der Waals surface area contributed by atoms with E-state index in [1.165, 1.54) is 12.1 Å². The molecule has 0 aliphatic carbocycles. The van der Waals surface area contributed by atoms with Crippen LogP contribution in [0.3, 0.4) is 0 Å². The summed E-state index contributed by atoms with van der Waals surface area (Å²) in [7, 11) is 0. The molecule has 4 N–H and O–H groups in total. The minimum absolute atomic E-state index is 0. The predicted molar refractivity (Wildman–Crippen MR) is 70.9 cm³/mol. The van der Waals surface area contributed by atoms with E-state index < -0.39 is 4.92 Å². The van der Waals surface area contributed by atoms with Gasteiger partial charge in [-0.2, -0.15) is 0 Å². The fraction of sp³-hybridized carbons (Fsp3) is 0.300. The summed E-state index contributed by atoms with van der Waals surface area (Å²) in [5.41, 5.74) is 5.92. The molecule has 100 valence electrons. The van der Waals surface area contributed by atoms with E-state index in [-0.39, 0.29) is 30.5 Å². The third-order valence-electron chi connectivity index (χ3n) is 2.04. The molecule has 0 aromatic heterocycles. The molecule has 7 nitrogen and oxygen atoms in total. The van der Waals surface area contributed by atoms with E-state index in [0.29, 0.717) is 13.1 Å². The minimum atomic E-state index is -0.453. The highest BCUT2D eigenvalue weighted by molar-refractivity contribution is 5.85. The monoisotopic (exact) mass is 274 g/mol. The van der Waals surface area contributed by atoms with Crippen LogP contribution in [0, 0.1) is 10.1 Å². The molecule has 8 heteroatoms. The highest BCUT2D eigenvalue weighted by Crippen LogP contribution is 2.14. The van der Waals surface area contributed by atoms with Crippen molar-refractivity contribution in [2.24, 2.45) is 5.73 Å². The SMILES string of the molecule is Cl.NCC(=O)NCCNc1ccc([N+](=O)[O-])cc1. The number of nitrogens with two attached hydrogens (primary N) is 1. The van der Waals surface area contributed by atoms with Crippen molar-refractivity contribution in [3.63, 3.8) is 0 Å². The van der Waals surface area contributed by atoms with Crippen molar-refractivity contribution in [1.29, 1.82) is 0 Å². The number of carbonyl (C=O) groups is 1. The number of rotatable bonds is 6. The molecule has 0 saturated heterocycles. The summed E-state index contributed by atoms with van der Waals surface area (Å²) < 4.78 is 0. The molecule has 0 heterocycles. The largest absolute Gasteiger partial charge is 0.383 e. The average Bonchev–Trinajstić information content (AvgIpc) is 2.34. The van der Waals surface area contributed by atoms with Gasteiger partial charge in [0, 0.05) is 30.9 Å². The molecule has 0 unspecified atom stereocenters. The van der Waals surface area contributed by atoms with Crippen LogP contribution >= 0.6 is 12.4 Å². The van der Waals surface area contributed by atoms with Gasteiger partial charge in [0.25, 0.3) is 5.69 Å². The number of hydrogen-bond acceptors (Lipinski definition) is 5. The topological polar surface area (TPSA) is 110 Å². The Morgan fingerprint density at radius 1 is 1.28 bits per heavy atom. The Balaban J connectivity index is 0.00000289. The van der Waals surface area contributed by atoms with Gasteiger partial charge in [0.1, 0.15) is 0 Å². The van der Waals surface area contributed by atoms with Crippen molar-refractivity contribution in [2.75, 3.05) is 25.0 Å². The van der Waals surface area contributed by atoms with Crippen LogP contribution in [0.4, 0.5) is 11.4 Å². The lowest BCUT2D eigenvalue weighted by Crippen LogP contribution is -2.33. The lowest BCUT2D eigenvalue weighted by Gasteiger charge is -2.06. The first kappa shape index (κ1) is 16.1. The number of non-ortho nitro benzene ring substituents is 1. The minimum Gasteiger partial charge on any atom is -0.383 e. The fourth-order valence-corrected chi connectivity index (χ4v) is 1.18. The molecule has 1 rings (SSSR count). The predicted octanol–water partition coefficient (Wildman–Crippen LogP) is 0.503. The standard InChI is InChI=1S/C10H14N4O3.ClH/c11-7-10(15)13-6-5-12-8-1-3-9(4-2-8)14(16)17;/h1-4,12H,5-7,11H2,(H,13,15);1H. The molecule has 0 aliphatic rings. The average molecular weight is 275 g/mol. The second kappa shape index (κ2) is 8.26. The summed E-state index contributed by atoms with van der Waals surface area (Å²) in [6, 6.07) is 6.06. The summed E-state index contributed by atoms with van der Waals surface area (Å²) in [5, 5.41) is 16.0. The van der Waals surface area contributed by atoms with Crippen LogP contribution in [-0.2, 0) is 4.79 Å². The number of amides is 1. The molecule has 0 aliphatic heterocycles. The Morgan fingerprint density at radius 2 is 1.89 bits per heavy atom. The number of nitro groups is 1. The summed E-state index contributed by atoms with van der Waals surface area (Å²) in [5.74, 6) is -0.213. The van der Waals surface area contributed by atoms with E-state index in [4.69, 9.17) is 5.73 Å². The van der Waals surface area contributed by atoms with Gasteiger partial charge in [0.2, 0.25) is 5.91 Å². The summed E-state index contributed by atoms with van der Waals surface area (Å²) >= 11 is 0. The molecule has 1 amide bonds. The maximum atomic E-state index is 10.8. The van der Waals surface area contributed by atoms with Gasteiger partial charge < -0.3 is 16.4 Å². The molecule has 0 spiro atoms. The zero-order valence-corrected chi connectivity index (χ0v) is 10.4. The van der Waals surface area contributed by atoms with E-state index in [1.54, 1.807) is 12.1 Å². The first-order valence-corrected chi connectivity index (χ1v) is 5.08. The zero-order valence-electron chi connectivity index (χ0n) is 9.59. The van der Waals surface area contributed by atoms with Crippen molar-refractivity contribution in [1.82, 2.24) is 5.32 Å². The Labute approximate surface area is 110 Å². The molecule has 18 heavy (non-hydrogen) atoms. The van der Waals surface area contributed by atoms with Crippen LogP contribution in [0.5, 0.6) is 0 Å². The first-order chi connectivity index (χ1) is 8.13. The Bertz CT molecular complexity index is 397. The lowest BCUT2D eigenvalue weighted by atomic mass is 10.3. The summed E-state index contributed by atoms with van der Waals surface area (Å²) in [6.07, 6.45) is 0. The van der Waals surface area contributed by atoms with Crippen molar-refractivity contribution in [3.8, 4) is 0 Å². The third-order valence-corrected chi connectivity index (χ3v) is 2.04. The fourth-order valence-electron chi connectivity index (χ4n) is 1.18. The first-order valence-electron chi connectivity index (χ1n) is 5.08. The van der Waals surface area contributed by atoms with Crippen LogP contribution in [0.25, 0.3) is 0 Å². The zero-order chi connectivity index (χ0) is 12.7. The van der Waals surface area contributed by atoms with E-state index in [2.05, 4.69) is 10.6 Å². The summed E-state index contributed by atoms with van der Waals surface area (Å²) in [6.45, 7) is 0.952. The number of nitro benzene ring substituents is 1. The Hall–Kier alpha value is -1.86. The number of anilines is 1. The normalized spacial score (nSPS) is 9.17. The number of halogens is 1. The quantitative estimate of drug-likeness (QED) is 0.397. The number of nitrogens with one attached hydrogen (secondary N) is 2. The molecule has 1 aromatic rings. The Morgan fingerprint density at radius 3 is 2.39 bits per heavy atom. The van der Waals surface area contributed by atoms with Gasteiger partial charge in [-0.3, -0.25) is 14.9 Å². The maximum absolute atomic E-state index is 10.8. The smallest absolute Gasteiger partial charge is 0.269 e. The maximum Gasteiger partial charge on any atom is 0.269 e. The van der Waals surface area contributed by atoms with Gasteiger partial charge in [0.15, 0.2) is 0 Å². The van der Waals surface area contributed by atoms with Gasteiger partial charge in [-0.1, -0.05) is 0 Å². The molecule has 1 aromatic carbocycles.